The number of aromatic nitrogens is 1. The van der Waals surface area contributed by atoms with Gasteiger partial charge in [0.2, 0.25) is 0 Å². The first-order valence-corrected chi connectivity index (χ1v) is 8.99. The third kappa shape index (κ3) is 4.09. The van der Waals surface area contributed by atoms with E-state index in [0.29, 0.717) is 5.56 Å². The molecule has 10 heteroatoms. The Morgan fingerprint density at radius 3 is 2.66 bits per heavy atom. The van der Waals surface area contributed by atoms with Gasteiger partial charge in [-0.3, -0.25) is 20.6 Å². The van der Waals surface area contributed by atoms with Crippen LogP contribution in [0, 0.1) is 10.8 Å². The van der Waals surface area contributed by atoms with Crippen LogP contribution in [0.3, 0.4) is 0 Å². The van der Waals surface area contributed by atoms with Crippen LogP contribution >= 0.6 is 11.6 Å². The molecule has 1 fully saturated rings. The lowest BCUT2D eigenvalue weighted by Crippen LogP contribution is -2.59. The lowest BCUT2D eigenvalue weighted by molar-refractivity contribution is -0.137. The standard InChI is InChI=1S/C19H17ClF3N5O/c1-11-9-28(16(24)12-5-3-7-26-8-12)17(25)18(29)27(11)10-13-4-2-6-14(15(13)20)19(21,22)23/h2-8,11,24-25H,9-10H2,1H3. The first-order valence-electron chi connectivity index (χ1n) is 8.62. The maximum Gasteiger partial charge on any atom is 0.417 e. The highest BCUT2D eigenvalue weighted by Gasteiger charge is 2.38. The van der Waals surface area contributed by atoms with E-state index in [9.17, 15) is 18.0 Å². The smallest absolute Gasteiger partial charge is 0.327 e. The van der Waals surface area contributed by atoms with E-state index in [-0.39, 0.29) is 24.5 Å². The second kappa shape index (κ2) is 7.82. The van der Waals surface area contributed by atoms with Gasteiger partial charge < -0.3 is 9.80 Å². The molecule has 3 rings (SSSR count). The Bertz CT molecular complexity index is 964. The van der Waals surface area contributed by atoms with E-state index >= 15 is 0 Å². The SMILES string of the molecule is CC1CN(C(=N)c2cccnc2)C(=N)C(=O)N1Cc1cccc(C(F)(F)F)c1Cl. The molecule has 1 aromatic heterocycles. The molecule has 2 aromatic rings. The average molecular weight is 424 g/mol. The normalized spacial score (nSPS) is 17.6. The first-order chi connectivity index (χ1) is 13.6. The Morgan fingerprint density at radius 2 is 2.03 bits per heavy atom. The predicted octanol–water partition coefficient (Wildman–Crippen LogP) is 3.79. The summed E-state index contributed by atoms with van der Waals surface area (Å²) in [5.74, 6) is -1.16. The van der Waals surface area contributed by atoms with Crippen LogP contribution in [-0.4, -0.2) is 44.9 Å². The molecule has 1 unspecified atom stereocenters. The maximum atomic E-state index is 13.1. The van der Waals surface area contributed by atoms with Crippen molar-refractivity contribution in [3.63, 3.8) is 0 Å². The Morgan fingerprint density at radius 1 is 1.31 bits per heavy atom. The van der Waals surface area contributed by atoms with E-state index in [1.54, 1.807) is 25.3 Å². The predicted molar refractivity (Wildman–Crippen MR) is 102 cm³/mol. The summed E-state index contributed by atoms with van der Waals surface area (Å²) in [7, 11) is 0. The number of rotatable bonds is 3. The van der Waals surface area contributed by atoms with E-state index in [4.69, 9.17) is 22.4 Å². The largest absolute Gasteiger partial charge is 0.417 e. The second-order valence-electron chi connectivity index (χ2n) is 6.61. The molecule has 1 aromatic carbocycles. The van der Waals surface area contributed by atoms with Gasteiger partial charge in [0, 0.05) is 37.1 Å². The fraction of sp³-hybridized carbons (Fsp3) is 0.263. The van der Waals surface area contributed by atoms with Crippen molar-refractivity contribution in [1.29, 1.82) is 10.8 Å². The zero-order valence-corrected chi connectivity index (χ0v) is 16.1. The summed E-state index contributed by atoms with van der Waals surface area (Å²) in [6.45, 7) is 1.68. The van der Waals surface area contributed by atoms with Crippen LogP contribution in [0.2, 0.25) is 5.02 Å². The highest BCUT2D eigenvalue weighted by molar-refractivity contribution is 6.40. The van der Waals surface area contributed by atoms with Gasteiger partial charge in [0.1, 0.15) is 5.84 Å². The number of piperazine rings is 1. The van der Waals surface area contributed by atoms with Crippen molar-refractivity contribution < 1.29 is 18.0 Å². The van der Waals surface area contributed by atoms with E-state index in [2.05, 4.69) is 4.98 Å². The average Bonchev–Trinajstić information content (AvgIpc) is 2.68. The number of amides is 1. The number of hydrogen-bond acceptors (Lipinski definition) is 4. The van der Waals surface area contributed by atoms with Crippen LogP contribution in [0.4, 0.5) is 13.2 Å². The molecule has 1 aliphatic heterocycles. The van der Waals surface area contributed by atoms with Crippen LogP contribution < -0.4 is 0 Å². The monoisotopic (exact) mass is 423 g/mol. The molecule has 1 atom stereocenters. The Kier molecular flexibility index (Phi) is 5.61. The molecule has 0 bridgehead atoms. The van der Waals surface area contributed by atoms with Gasteiger partial charge in [-0.15, -0.1) is 0 Å². The summed E-state index contributed by atoms with van der Waals surface area (Å²) in [6.07, 6.45) is -1.60. The van der Waals surface area contributed by atoms with Crippen LogP contribution in [-0.2, 0) is 17.5 Å². The lowest BCUT2D eigenvalue weighted by Gasteiger charge is -2.40. The summed E-state index contributed by atoms with van der Waals surface area (Å²) < 4.78 is 39.3. The molecule has 6 nitrogen and oxygen atoms in total. The number of nitrogens with zero attached hydrogens (tertiary/aromatic N) is 3. The molecule has 0 aliphatic carbocycles. The number of benzene rings is 1. The highest BCUT2D eigenvalue weighted by Crippen LogP contribution is 2.36. The third-order valence-electron chi connectivity index (χ3n) is 4.64. The van der Waals surface area contributed by atoms with Crippen molar-refractivity contribution in [1.82, 2.24) is 14.8 Å². The van der Waals surface area contributed by atoms with Gasteiger partial charge in [0.05, 0.1) is 10.6 Å². The summed E-state index contributed by atoms with van der Waals surface area (Å²) in [4.78, 5) is 19.2. The minimum absolute atomic E-state index is 0.0416. The van der Waals surface area contributed by atoms with Crippen molar-refractivity contribution in [2.24, 2.45) is 0 Å². The molecule has 1 amide bonds. The molecule has 0 spiro atoms. The Labute approximate surface area is 169 Å². The fourth-order valence-corrected chi connectivity index (χ4v) is 3.39. The number of alkyl halides is 3. The van der Waals surface area contributed by atoms with Crippen molar-refractivity contribution in [3.8, 4) is 0 Å². The van der Waals surface area contributed by atoms with Crippen molar-refractivity contribution in [3.05, 3.63) is 64.4 Å². The number of amidine groups is 2. The van der Waals surface area contributed by atoms with Crippen LogP contribution in [0.1, 0.15) is 23.6 Å². The molecule has 2 N–H and O–H groups in total. The number of carbonyl (C=O) groups is 1. The fourth-order valence-electron chi connectivity index (χ4n) is 3.10. The number of nitrogens with one attached hydrogen (secondary N) is 2. The van der Waals surface area contributed by atoms with Gasteiger partial charge >= 0.3 is 6.18 Å². The molecule has 29 heavy (non-hydrogen) atoms. The van der Waals surface area contributed by atoms with Crippen molar-refractivity contribution >= 4 is 29.2 Å². The molecule has 2 heterocycles. The van der Waals surface area contributed by atoms with Crippen LogP contribution in [0.15, 0.2) is 42.7 Å². The zero-order valence-electron chi connectivity index (χ0n) is 15.3. The number of halogens is 4. The van der Waals surface area contributed by atoms with E-state index in [0.717, 1.165) is 6.07 Å². The van der Waals surface area contributed by atoms with Crippen LogP contribution in [0.5, 0.6) is 0 Å². The zero-order chi connectivity index (χ0) is 21.3. The first kappa shape index (κ1) is 20.8. The molecule has 1 aliphatic rings. The van der Waals surface area contributed by atoms with Gasteiger partial charge in [-0.1, -0.05) is 23.7 Å². The molecule has 1 saturated heterocycles. The Hall–Kier alpha value is -2.94. The topological polar surface area (TPSA) is 84.1 Å². The quantitative estimate of drug-likeness (QED) is 0.582. The summed E-state index contributed by atoms with van der Waals surface area (Å²) in [5, 5.41) is 16.0. The number of pyridine rings is 1. The molecule has 0 saturated carbocycles. The maximum absolute atomic E-state index is 13.1. The third-order valence-corrected chi connectivity index (χ3v) is 5.09. The van der Waals surface area contributed by atoms with Crippen molar-refractivity contribution in [2.45, 2.75) is 25.7 Å². The number of carbonyl (C=O) groups excluding carboxylic acids is 1. The van der Waals surface area contributed by atoms with E-state index in [1.807, 2.05) is 0 Å². The van der Waals surface area contributed by atoms with Crippen molar-refractivity contribution in [2.75, 3.05) is 6.54 Å². The summed E-state index contributed by atoms with van der Waals surface area (Å²) in [6, 6.07) is 6.37. The van der Waals surface area contributed by atoms with Gasteiger partial charge in [0.15, 0.2) is 5.84 Å². The summed E-state index contributed by atoms with van der Waals surface area (Å²) >= 11 is 5.94. The molecule has 152 valence electrons. The Balaban J connectivity index is 1.83. The van der Waals surface area contributed by atoms with Crippen LogP contribution in [0.25, 0.3) is 0 Å². The van der Waals surface area contributed by atoms with E-state index in [1.165, 1.54) is 28.1 Å². The molecular formula is C19H17ClF3N5O. The molecular weight excluding hydrogens is 407 g/mol. The van der Waals surface area contributed by atoms with Gasteiger partial charge in [-0.2, -0.15) is 13.2 Å². The highest BCUT2D eigenvalue weighted by atomic mass is 35.5. The molecule has 0 radical (unpaired) electrons. The minimum Gasteiger partial charge on any atom is -0.327 e. The lowest BCUT2D eigenvalue weighted by atomic mass is 10.1. The minimum atomic E-state index is -4.60. The van der Waals surface area contributed by atoms with Gasteiger partial charge in [-0.05, 0) is 30.7 Å². The number of hydrogen-bond donors (Lipinski definition) is 2. The van der Waals surface area contributed by atoms with Gasteiger partial charge in [-0.25, -0.2) is 0 Å². The second-order valence-corrected chi connectivity index (χ2v) is 6.99. The van der Waals surface area contributed by atoms with Gasteiger partial charge in [0.25, 0.3) is 5.91 Å². The van der Waals surface area contributed by atoms with E-state index < -0.39 is 34.5 Å². The summed E-state index contributed by atoms with van der Waals surface area (Å²) in [5.41, 5.74) is -0.374.